The van der Waals surface area contributed by atoms with E-state index in [1.807, 2.05) is 11.0 Å². The number of anilines is 1. The van der Waals surface area contributed by atoms with E-state index in [2.05, 4.69) is 16.7 Å². The van der Waals surface area contributed by atoms with Gasteiger partial charge in [0.2, 0.25) is 5.91 Å². The molecule has 1 amide bonds. The average Bonchev–Trinajstić information content (AvgIpc) is 3.37. The summed E-state index contributed by atoms with van der Waals surface area (Å²) in [6.07, 6.45) is -2.40. The molecule has 1 aliphatic heterocycles. The average molecular weight is 426 g/mol. The SMILES string of the molecule is C=C(C(N)=O)C1CCN(c2nn(-c3ccc(C(F)(F)F)cc3)c3ncc(C#N)cc23)C1. The van der Waals surface area contributed by atoms with Gasteiger partial charge >= 0.3 is 6.18 Å². The lowest BCUT2D eigenvalue weighted by Gasteiger charge is -2.16. The van der Waals surface area contributed by atoms with Gasteiger partial charge in [-0.1, -0.05) is 6.58 Å². The van der Waals surface area contributed by atoms with Crippen LogP contribution in [0.25, 0.3) is 16.7 Å². The number of amides is 1. The highest BCUT2D eigenvalue weighted by Gasteiger charge is 2.31. The Morgan fingerprint density at radius 1 is 1.29 bits per heavy atom. The molecule has 0 saturated carbocycles. The molecule has 1 aliphatic rings. The Bertz CT molecular complexity index is 1220. The Morgan fingerprint density at radius 2 is 2.00 bits per heavy atom. The molecule has 158 valence electrons. The Hall–Kier alpha value is -3.87. The number of pyridine rings is 1. The van der Waals surface area contributed by atoms with Gasteiger partial charge < -0.3 is 10.6 Å². The number of hydrogen-bond donors (Lipinski definition) is 1. The van der Waals surface area contributed by atoms with E-state index in [4.69, 9.17) is 5.73 Å². The second-order valence-corrected chi connectivity index (χ2v) is 7.31. The summed E-state index contributed by atoms with van der Waals surface area (Å²) in [4.78, 5) is 17.7. The highest BCUT2D eigenvalue weighted by Crippen LogP contribution is 2.34. The van der Waals surface area contributed by atoms with Gasteiger partial charge in [0.15, 0.2) is 11.5 Å². The molecule has 2 N–H and O–H groups in total. The van der Waals surface area contributed by atoms with Crippen LogP contribution in [0.1, 0.15) is 17.5 Å². The Balaban J connectivity index is 1.78. The van der Waals surface area contributed by atoms with Crippen molar-refractivity contribution >= 4 is 22.8 Å². The first-order chi connectivity index (χ1) is 14.7. The van der Waals surface area contributed by atoms with Gasteiger partial charge in [-0.2, -0.15) is 18.4 Å². The predicted octanol–water partition coefficient (Wildman–Crippen LogP) is 3.18. The summed E-state index contributed by atoms with van der Waals surface area (Å²) in [5.41, 5.74) is 6.06. The normalized spacial score (nSPS) is 16.5. The summed E-state index contributed by atoms with van der Waals surface area (Å²) in [5, 5.41) is 14.4. The van der Waals surface area contributed by atoms with Gasteiger partial charge in [-0.3, -0.25) is 4.79 Å². The maximum atomic E-state index is 12.9. The molecule has 4 rings (SSSR count). The van der Waals surface area contributed by atoms with Crippen LogP contribution in [0, 0.1) is 17.2 Å². The van der Waals surface area contributed by atoms with E-state index in [0.717, 1.165) is 12.1 Å². The second kappa shape index (κ2) is 7.43. The van der Waals surface area contributed by atoms with Crippen LogP contribution in [0.4, 0.5) is 19.0 Å². The summed E-state index contributed by atoms with van der Waals surface area (Å²) >= 11 is 0. The van der Waals surface area contributed by atoms with E-state index in [9.17, 15) is 23.2 Å². The van der Waals surface area contributed by atoms with Gasteiger partial charge in [-0.15, -0.1) is 5.10 Å². The lowest BCUT2D eigenvalue weighted by molar-refractivity contribution is -0.137. The van der Waals surface area contributed by atoms with Gasteiger partial charge in [0, 0.05) is 30.8 Å². The number of fused-ring (bicyclic) bond motifs is 1. The number of rotatable bonds is 4. The van der Waals surface area contributed by atoms with Gasteiger partial charge in [0.25, 0.3) is 0 Å². The molecule has 0 bridgehead atoms. The van der Waals surface area contributed by atoms with E-state index in [0.29, 0.717) is 53.2 Å². The first kappa shape index (κ1) is 20.4. The smallest absolute Gasteiger partial charge is 0.366 e. The van der Waals surface area contributed by atoms with Crippen molar-refractivity contribution in [1.29, 1.82) is 5.26 Å². The summed E-state index contributed by atoms with van der Waals surface area (Å²) in [6.45, 7) is 4.79. The molecule has 1 unspecified atom stereocenters. The van der Waals surface area contributed by atoms with Crippen LogP contribution in [0.5, 0.6) is 0 Å². The molecule has 1 aromatic carbocycles. The van der Waals surface area contributed by atoms with E-state index in [1.54, 1.807) is 6.07 Å². The number of aromatic nitrogens is 3. The molecule has 0 spiro atoms. The van der Waals surface area contributed by atoms with Crippen molar-refractivity contribution in [2.24, 2.45) is 11.7 Å². The van der Waals surface area contributed by atoms with Crippen molar-refractivity contribution in [3.63, 3.8) is 0 Å². The molecular weight excluding hydrogens is 409 g/mol. The van der Waals surface area contributed by atoms with E-state index < -0.39 is 17.6 Å². The molecule has 3 heterocycles. The molecule has 1 saturated heterocycles. The number of primary amides is 1. The summed E-state index contributed by atoms with van der Waals surface area (Å²) in [5.74, 6) is -0.157. The van der Waals surface area contributed by atoms with Crippen molar-refractivity contribution in [1.82, 2.24) is 14.8 Å². The zero-order valence-electron chi connectivity index (χ0n) is 16.2. The lowest BCUT2D eigenvalue weighted by atomic mass is 9.99. The largest absolute Gasteiger partial charge is 0.416 e. The Labute approximate surface area is 175 Å². The fraction of sp³-hybridized carbons (Fsp3) is 0.238. The number of nitriles is 1. The Kier molecular flexibility index (Phi) is 4.89. The number of hydrogen-bond acceptors (Lipinski definition) is 5. The van der Waals surface area contributed by atoms with Gasteiger partial charge in [0.05, 0.1) is 22.2 Å². The molecule has 0 aliphatic carbocycles. The number of alkyl halides is 3. The van der Waals surface area contributed by atoms with Crippen LogP contribution >= 0.6 is 0 Å². The van der Waals surface area contributed by atoms with Crippen LogP contribution in [-0.4, -0.2) is 33.8 Å². The highest BCUT2D eigenvalue weighted by molar-refractivity contribution is 5.93. The molecular formula is C21H17F3N6O. The third kappa shape index (κ3) is 3.70. The maximum absolute atomic E-state index is 12.9. The highest BCUT2D eigenvalue weighted by atomic mass is 19.4. The zero-order chi connectivity index (χ0) is 22.3. The van der Waals surface area contributed by atoms with Crippen LogP contribution in [-0.2, 0) is 11.0 Å². The van der Waals surface area contributed by atoms with E-state index in [-0.39, 0.29) is 5.92 Å². The molecule has 1 atom stereocenters. The molecule has 1 fully saturated rings. The fourth-order valence-corrected chi connectivity index (χ4v) is 3.69. The van der Waals surface area contributed by atoms with Crippen molar-refractivity contribution in [3.05, 3.63) is 59.8 Å². The first-order valence-electron chi connectivity index (χ1n) is 9.39. The minimum Gasteiger partial charge on any atom is -0.366 e. The quantitative estimate of drug-likeness (QED) is 0.646. The number of carbonyl (C=O) groups is 1. The van der Waals surface area contributed by atoms with Crippen molar-refractivity contribution in [3.8, 4) is 11.8 Å². The summed E-state index contributed by atoms with van der Waals surface area (Å²) < 4.78 is 40.2. The molecule has 10 heteroatoms. The van der Waals surface area contributed by atoms with Crippen LogP contribution in [0.15, 0.2) is 48.7 Å². The van der Waals surface area contributed by atoms with E-state index >= 15 is 0 Å². The monoisotopic (exact) mass is 426 g/mol. The first-order valence-corrected chi connectivity index (χ1v) is 9.39. The zero-order valence-corrected chi connectivity index (χ0v) is 16.2. The van der Waals surface area contributed by atoms with Crippen molar-refractivity contribution in [2.45, 2.75) is 12.6 Å². The van der Waals surface area contributed by atoms with E-state index in [1.165, 1.54) is 23.0 Å². The summed E-state index contributed by atoms with van der Waals surface area (Å²) in [7, 11) is 0. The van der Waals surface area contributed by atoms with Gasteiger partial charge in [-0.05, 0) is 36.8 Å². The van der Waals surface area contributed by atoms with Crippen molar-refractivity contribution < 1.29 is 18.0 Å². The number of nitrogens with two attached hydrogens (primary N) is 1. The van der Waals surface area contributed by atoms with Gasteiger partial charge in [-0.25, -0.2) is 9.67 Å². The summed E-state index contributed by atoms with van der Waals surface area (Å²) in [6, 6.07) is 8.28. The topological polar surface area (TPSA) is 101 Å². The number of halogens is 3. The number of nitrogens with zero attached hydrogens (tertiary/aromatic N) is 5. The molecule has 7 nitrogen and oxygen atoms in total. The third-order valence-electron chi connectivity index (χ3n) is 5.37. The second-order valence-electron chi connectivity index (χ2n) is 7.31. The predicted molar refractivity (Wildman–Crippen MR) is 107 cm³/mol. The van der Waals surface area contributed by atoms with Crippen molar-refractivity contribution in [2.75, 3.05) is 18.0 Å². The van der Waals surface area contributed by atoms with Gasteiger partial charge in [0.1, 0.15) is 6.07 Å². The Morgan fingerprint density at radius 3 is 2.61 bits per heavy atom. The number of benzene rings is 1. The number of carbonyl (C=O) groups excluding carboxylic acids is 1. The molecule has 31 heavy (non-hydrogen) atoms. The van der Waals surface area contributed by atoms with Crippen LogP contribution in [0.3, 0.4) is 0 Å². The maximum Gasteiger partial charge on any atom is 0.416 e. The molecule has 3 aromatic rings. The third-order valence-corrected chi connectivity index (χ3v) is 5.37. The minimum absolute atomic E-state index is 0.129. The minimum atomic E-state index is -4.44. The van der Waals surface area contributed by atoms with Crippen LogP contribution in [0.2, 0.25) is 0 Å². The van der Waals surface area contributed by atoms with Crippen LogP contribution < -0.4 is 10.6 Å². The molecule has 0 radical (unpaired) electrons. The standard InChI is InChI=1S/C21H17F3N6O/c1-12(18(26)31)14-6-7-29(11-14)20-17-8-13(9-25)10-27-19(17)30(28-20)16-4-2-15(3-5-16)21(22,23)24/h2-5,8,10,14H,1,6-7,11H2,(H2,26,31). The lowest BCUT2D eigenvalue weighted by Crippen LogP contribution is -2.24. The molecule has 2 aromatic heterocycles. The fourth-order valence-electron chi connectivity index (χ4n) is 3.69.